The largest absolute Gasteiger partial charge is 0.359 e. The van der Waals surface area contributed by atoms with Crippen LogP contribution in [0, 0.1) is 16.7 Å². The zero-order valence-corrected chi connectivity index (χ0v) is 13.6. The van der Waals surface area contributed by atoms with Crippen LogP contribution in [-0.2, 0) is 9.59 Å². The minimum atomic E-state index is -0.456. The molecular weight excluding hydrogens is 266 g/mol. The fourth-order valence-corrected chi connectivity index (χ4v) is 3.78. The maximum Gasteiger partial charge on any atom is 0.230 e. The van der Waals surface area contributed by atoms with Gasteiger partial charge in [-0.1, -0.05) is 6.92 Å². The molecule has 120 valence electrons. The Morgan fingerprint density at radius 2 is 1.90 bits per heavy atom. The molecule has 1 unspecified atom stereocenters. The number of nitrogens with one attached hydrogen (secondary N) is 1. The van der Waals surface area contributed by atoms with E-state index in [4.69, 9.17) is 5.73 Å². The fourth-order valence-electron chi connectivity index (χ4n) is 3.78. The molecule has 0 spiro atoms. The third-order valence-electron chi connectivity index (χ3n) is 5.61. The molecule has 1 heterocycles. The van der Waals surface area contributed by atoms with Gasteiger partial charge < -0.3 is 16.0 Å². The number of amides is 2. The highest BCUT2D eigenvalue weighted by Crippen LogP contribution is 2.41. The van der Waals surface area contributed by atoms with Gasteiger partial charge in [0.2, 0.25) is 11.8 Å². The van der Waals surface area contributed by atoms with E-state index < -0.39 is 5.41 Å². The van der Waals surface area contributed by atoms with Crippen molar-refractivity contribution in [3.8, 4) is 0 Å². The summed E-state index contributed by atoms with van der Waals surface area (Å²) in [6.07, 6.45) is 4.65. The van der Waals surface area contributed by atoms with Crippen molar-refractivity contribution in [3.05, 3.63) is 0 Å². The molecule has 3 N–H and O–H groups in total. The standard InChI is InChI=1S/C16H29N3O2/c1-12-4-6-16(10-17,7-5-12)14(21)19-9-8-15(2,11-19)13(20)18-3/h12H,4-11,17H2,1-3H3,(H,18,20). The van der Waals surface area contributed by atoms with Crippen LogP contribution in [0.5, 0.6) is 0 Å². The molecule has 5 nitrogen and oxygen atoms in total. The maximum absolute atomic E-state index is 13.0. The summed E-state index contributed by atoms with van der Waals surface area (Å²) in [6, 6.07) is 0. The molecule has 1 aliphatic carbocycles. The summed E-state index contributed by atoms with van der Waals surface area (Å²) in [6.45, 7) is 5.79. The number of carbonyl (C=O) groups excluding carboxylic acids is 2. The van der Waals surface area contributed by atoms with E-state index in [1.165, 1.54) is 0 Å². The topological polar surface area (TPSA) is 75.4 Å². The van der Waals surface area contributed by atoms with Crippen molar-refractivity contribution in [2.24, 2.45) is 22.5 Å². The van der Waals surface area contributed by atoms with Gasteiger partial charge in [-0.15, -0.1) is 0 Å². The molecule has 0 aromatic carbocycles. The molecule has 2 aliphatic rings. The van der Waals surface area contributed by atoms with Gasteiger partial charge in [0.1, 0.15) is 0 Å². The molecule has 5 heteroatoms. The third-order valence-corrected chi connectivity index (χ3v) is 5.61. The number of hydrogen-bond acceptors (Lipinski definition) is 3. The van der Waals surface area contributed by atoms with Crippen molar-refractivity contribution >= 4 is 11.8 Å². The number of hydrogen-bond donors (Lipinski definition) is 2. The zero-order chi connectivity index (χ0) is 15.7. The lowest BCUT2D eigenvalue weighted by molar-refractivity contribution is -0.143. The van der Waals surface area contributed by atoms with Crippen LogP contribution in [-0.4, -0.2) is 43.4 Å². The normalized spacial score (nSPS) is 36.6. The van der Waals surface area contributed by atoms with Crippen LogP contribution in [0.2, 0.25) is 0 Å². The van der Waals surface area contributed by atoms with E-state index in [0.717, 1.165) is 32.1 Å². The van der Waals surface area contributed by atoms with Gasteiger partial charge in [0.05, 0.1) is 10.8 Å². The Kier molecular flexibility index (Phi) is 4.61. The molecule has 1 atom stereocenters. The van der Waals surface area contributed by atoms with E-state index in [9.17, 15) is 9.59 Å². The van der Waals surface area contributed by atoms with Gasteiger partial charge >= 0.3 is 0 Å². The van der Waals surface area contributed by atoms with Gasteiger partial charge in [-0.25, -0.2) is 0 Å². The lowest BCUT2D eigenvalue weighted by Gasteiger charge is -2.40. The van der Waals surface area contributed by atoms with Gasteiger partial charge in [0.25, 0.3) is 0 Å². The van der Waals surface area contributed by atoms with Gasteiger partial charge in [0, 0.05) is 26.7 Å². The number of likely N-dealkylation sites (tertiary alicyclic amines) is 1. The predicted molar refractivity (Wildman–Crippen MR) is 82.5 cm³/mol. The van der Waals surface area contributed by atoms with Crippen molar-refractivity contribution in [2.45, 2.75) is 46.0 Å². The van der Waals surface area contributed by atoms with Crippen LogP contribution in [0.4, 0.5) is 0 Å². The summed E-state index contributed by atoms with van der Waals surface area (Å²) >= 11 is 0. The second kappa shape index (κ2) is 5.95. The summed E-state index contributed by atoms with van der Waals surface area (Å²) in [5, 5.41) is 2.71. The molecule has 2 rings (SSSR count). The Hall–Kier alpha value is -1.10. The monoisotopic (exact) mass is 295 g/mol. The highest BCUT2D eigenvalue weighted by atomic mass is 16.2. The van der Waals surface area contributed by atoms with E-state index >= 15 is 0 Å². The van der Waals surface area contributed by atoms with Gasteiger partial charge in [-0.05, 0) is 44.9 Å². The smallest absolute Gasteiger partial charge is 0.230 e. The zero-order valence-electron chi connectivity index (χ0n) is 13.6. The molecular formula is C16H29N3O2. The number of carbonyl (C=O) groups is 2. The molecule has 0 radical (unpaired) electrons. The van der Waals surface area contributed by atoms with Crippen molar-refractivity contribution in [1.82, 2.24) is 10.2 Å². The Morgan fingerprint density at radius 3 is 2.43 bits per heavy atom. The lowest BCUT2D eigenvalue weighted by Crippen LogP contribution is -2.50. The Balaban J connectivity index is 2.08. The number of nitrogens with two attached hydrogens (primary N) is 1. The first-order valence-corrected chi connectivity index (χ1v) is 8.08. The summed E-state index contributed by atoms with van der Waals surface area (Å²) in [5.41, 5.74) is 5.13. The van der Waals surface area contributed by atoms with Gasteiger partial charge in [-0.2, -0.15) is 0 Å². The first-order chi connectivity index (χ1) is 9.87. The molecule has 0 aromatic rings. The molecule has 2 fully saturated rings. The molecule has 1 aliphatic heterocycles. The van der Waals surface area contributed by atoms with Crippen molar-refractivity contribution in [3.63, 3.8) is 0 Å². The average molecular weight is 295 g/mol. The van der Waals surface area contributed by atoms with E-state index in [0.29, 0.717) is 25.6 Å². The number of nitrogens with zero attached hydrogens (tertiary/aromatic N) is 1. The first kappa shape index (κ1) is 16.3. The summed E-state index contributed by atoms with van der Waals surface area (Å²) < 4.78 is 0. The second-order valence-corrected chi connectivity index (χ2v) is 7.28. The Morgan fingerprint density at radius 1 is 1.29 bits per heavy atom. The van der Waals surface area contributed by atoms with Crippen LogP contribution in [0.3, 0.4) is 0 Å². The van der Waals surface area contributed by atoms with E-state index in [2.05, 4.69) is 12.2 Å². The molecule has 1 saturated heterocycles. The van der Waals surface area contributed by atoms with Crippen LogP contribution in [0.25, 0.3) is 0 Å². The molecule has 0 aromatic heterocycles. The Labute approximate surface area is 127 Å². The first-order valence-electron chi connectivity index (χ1n) is 8.08. The van der Waals surface area contributed by atoms with E-state index in [1.807, 2.05) is 11.8 Å². The Bertz CT molecular complexity index is 416. The van der Waals surface area contributed by atoms with Crippen molar-refractivity contribution in [1.29, 1.82) is 0 Å². The van der Waals surface area contributed by atoms with Crippen LogP contribution in [0.15, 0.2) is 0 Å². The third kappa shape index (κ3) is 2.93. The van der Waals surface area contributed by atoms with Crippen molar-refractivity contribution < 1.29 is 9.59 Å². The average Bonchev–Trinajstić information content (AvgIpc) is 2.90. The maximum atomic E-state index is 13.0. The van der Waals surface area contributed by atoms with Gasteiger partial charge in [-0.3, -0.25) is 9.59 Å². The van der Waals surface area contributed by atoms with E-state index in [1.54, 1.807) is 7.05 Å². The van der Waals surface area contributed by atoms with Crippen LogP contribution >= 0.6 is 0 Å². The molecule has 21 heavy (non-hydrogen) atoms. The van der Waals surface area contributed by atoms with Gasteiger partial charge in [0.15, 0.2) is 0 Å². The summed E-state index contributed by atoms with van der Waals surface area (Å²) in [7, 11) is 1.65. The van der Waals surface area contributed by atoms with Crippen LogP contribution < -0.4 is 11.1 Å². The lowest BCUT2D eigenvalue weighted by atomic mass is 9.70. The minimum Gasteiger partial charge on any atom is -0.359 e. The summed E-state index contributed by atoms with van der Waals surface area (Å²) in [5.74, 6) is 0.883. The summed E-state index contributed by atoms with van der Waals surface area (Å²) in [4.78, 5) is 26.8. The predicted octanol–water partition coefficient (Wildman–Crippen LogP) is 1.13. The van der Waals surface area contributed by atoms with E-state index in [-0.39, 0.29) is 17.2 Å². The number of rotatable bonds is 3. The second-order valence-electron chi connectivity index (χ2n) is 7.28. The minimum absolute atomic E-state index is 0.0249. The van der Waals surface area contributed by atoms with Crippen molar-refractivity contribution in [2.75, 3.05) is 26.7 Å². The SMILES string of the molecule is CNC(=O)C1(C)CCN(C(=O)C2(CN)CCC(C)CC2)C1. The highest BCUT2D eigenvalue weighted by molar-refractivity contribution is 5.87. The quantitative estimate of drug-likeness (QED) is 0.819. The fraction of sp³-hybridized carbons (Fsp3) is 0.875. The molecule has 2 amide bonds. The highest BCUT2D eigenvalue weighted by Gasteiger charge is 2.47. The van der Waals surface area contributed by atoms with Crippen LogP contribution in [0.1, 0.15) is 46.0 Å². The molecule has 1 saturated carbocycles. The molecule has 0 bridgehead atoms.